The smallest absolute Gasteiger partial charge is 0.241 e. The number of rotatable bonds is 2. The highest BCUT2D eigenvalue weighted by atomic mass is 79.9. The summed E-state index contributed by atoms with van der Waals surface area (Å²) in [6.07, 6.45) is 3.22. The van der Waals surface area contributed by atoms with E-state index in [-0.39, 0.29) is 11.9 Å². The molecule has 2 N–H and O–H groups in total. The van der Waals surface area contributed by atoms with Crippen molar-refractivity contribution in [3.8, 4) is 0 Å². The average molecular weight is 297 g/mol. The van der Waals surface area contributed by atoms with Gasteiger partial charge in [0.1, 0.15) is 0 Å². The Kier molecular flexibility index (Phi) is 4.18. The molecule has 0 aliphatic carbocycles. The molecule has 92 valence electrons. The number of carbonyl (C=O) groups is 1. The molecule has 0 radical (unpaired) electrons. The molecule has 0 spiro atoms. The molecule has 1 atom stereocenters. The Morgan fingerprint density at radius 1 is 1.41 bits per heavy atom. The molecule has 17 heavy (non-hydrogen) atoms. The summed E-state index contributed by atoms with van der Waals surface area (Å²) < 4.78 is 0.990. The van der Waals surface area contributed by atoms with Gasteiger partial charge in [0.05, 0.1) is 6.04 Å². The predicted octanol–water partition coefficient (Wildman–Crippen LogP) is 2.84. The minimum atomic E-state index is -0.0389. The van der Waals surface area contributed by atoms with Crippen LogP contribution in [0.3, 0.4) is 0 Å². The second-order valence-electron chi connectivity index (χ2n) is 4.51. The summed E-state index contributed by atoms with van der Waals surface area (Å²) in [5, 5.41) is 6.21. The first kappa shape index (κ1) is 12.6. The van der Waals surface area contributed by atoms with Crippen LogP contribution in [0.4, 0.5) is 5.69 Å². The molecule has 1 amide bonds. The van der Waals surface area contributed by atoms with E-state index < -0.39 is 0 Å². The van der Waals surface area contributed by atoms with Gasteiger partial charge in [-0.1, -0.05) is 22.4 Å². The van der Waals surface area contributed by atoms with Crippen molar-refractivity contribution in [2.24, 2.45) is 0 Å². The third kappa shape index (κ3) is 3.54. The number of benzene rings is 1. The monoisotopic (exact) mass is 296 g/mol. The first-order valence-corrected chi connectivity index (χ1v) is 6.76. The molecule has 2 rings (SSSR count). The minimum absolute atomic E-state index is 0.0389. The fraction of sp³-hybridized carbons (Fsp3) is 0.462. The van der Waals surface area contributed by atoms with E-state index in [2.05, 4.69) is 26.6 Å². The fourth-order valence-corrected chi connectivity index (χ4v) is 2.72. The number of hydrogen-bond acceptors (Lipinski definition) is 2. The van der Waals surface area contributed by atoms with Crippen LogP contribution in [-0.2, 0) is 4.79 Å². The summed E-state index contributed by atoms with van der Waals surface area (Å²) in [6.45, 7) is 2.95. The van der Waals surface area contributed by atoms with Gasteiger partial charge in [-0.25, -0.2) is 0 Å². The van der Waals surface area contributed by atoms with Crippen LogP contribution in [0.15, 0.2) is 22.7 Å². The molecule has 3 nitrogen and oxygen atoms in total. The molecule has 1 saturated heterocycles. The van der Waals surface area contributed by atoms with Crippen molar-refractivity contribution >= 4 is 27.5 Å². The molecular formula is C13H17BrN2O. The maximum Gasteiger partial charge on any atom is 0.241 e. The molecule has 0 aromatic heterocycles. The van der Waals surface area contributed by atoms with Gasteiger partial charge in [0.2, 0.25) is 5.91 Å². The highest BCUT2D eigenvalue weighted by Gasteiger charge is 2.20. The highest BCUT2D eigenvalue weighted by molar-refractivity contribution is 9.10. The molecule has 1 aromatic rings. The molecule has 0 saturated carbocycles. The van der Waals surface area contributed by atoms with Gasteiger partial charge < -0.3 is 10.6 Å². The molecule has 4 heteroatoms. The van der Waals surface area contributed by atoms with E-state index in [1.807, 2.05) is 25.1 Å². The van der Waals surface area contributed by atoms with E-state index in [0.717, 1.165) is 35.1 Å². The van der Waals surface area contributed by atoms with Crippen LogP contribution in [-0.4, -0.2) is 18.5 Å². The van der Waals surface area contributed by atoms with Crippen molar-refractivity contribution < 1.29 is 4.79 Å². The normalized spacial score (nSPS) is 20.0. The Bertz CT molecular complexity index is 394. The van der Waals surface area contributed by atoms with Crippen molar-refractivity contribution in [3.05, 3.63) is 28.2 Å². The first-order chi connectivity index (χ1) is 8.15. The summed E-state index contributed by atoms with van der Waals surface area (Å²) in [4.78, 5) is 12.0. The molecule has 1 aliphatic heterocycles. The minimum Gasteiger partial charge on any atom is -0.325 e. The van der Waals surface area contributed by atoms with E-state index in [4.69, 9.17) is 0 Å². The maximum atomic E-state index is 12.0. The fourth-order valence-electron chi connectivity index (χ4n) is 2.11. The zero-order valence-electron chi connectivity index (χ0n) is 9.92. The second kappa shape index (κ2) is 5.65. The Morgan fingerprint density at radius 3 is 2.88 bits per heavy atom. The lowest BCUT2D eigenvalue weighted by Gasteiger charge is -2.22. The number of hydrogen-bond donors (Lipinski definition) is 2. The van der Waals surface area contributed by atoms with Gasteiger partial charge in [0.25, 0.3) is 0 Å². The standard InChI is InChI=1S/C13H17BrN2O/c1-9-6-10(14)8-11(7-9)16-13(17)12-4-2-3-5-15-12/h6-8,12,15H,2-5H2,1H3,(H,16,17)/t12-/m0/s1. The van der Waals surface area contributed by atoms with Crippen LogP contribution < -0.4 is 10.6 Å². The van der Waals surface area contributed by atoms with E-state index >= 15 is 0 Å². The van der Waals surface area contributed by atoms with Crippen molar-refractivity contribution in [3.63, 3.8) is 0 Å². The largest absolute Gasteiger partial charge is 0.325 e. The van der Waals surface area contributed by atoms with Gasteiger partial charge in [0, 0.05) is 10.2 Å². The number of anilines is 1. The number of halogens is 1. The second-order valence-corrected chi connectivity index (χ2v) is 5.42. The SMILES string of the molecule is Cc1cc(Br)cc(NC(=O)[C@@H]2CCCCN2)c1. The number of piperidine rings is 1. The Morgan fingerprint density at radius 2 is 2.24 bits per heavy atom. The number of aryl methyl sites for hydroxylation is 1. The molecule has 0 unspecified atom stereocenters. The summed E-state index contributed by atoms with van der Waals surface area (Å²) in [5.74, 6) is 0.0715. The molecule has 1 aromatic carbocycles. The Hall–Kier alpha value is -0.870. The van der Waals surface area contributed by atoms with Gasteiger partial charge in [-0.3, -0.25) is 4.79 Å². The average Bonchev–Trinajstić information content (AvgIpc) is 2.28. The van der Waals surface area contributed by atoms with E-state index in [1.165, 1.54) is 6.42 Å². The van der Waals surface area contributed by atoms with Gasteiger partial charge >= 0.3 is 0 Å². The van der Waals surface area contributed by atoms with E-state index in [9.17, 15) is 4.79 Å². The maximum absolute atomic E-state index is 12.0. The molecule has 1 fully saturated rings. The third-order valence-corrected chi connectivity index (χ3v) is 3.39. The van der Waals surface area contributed by atoms with E-state index in [0.29, 0.717) is 0 Å². The number of amides is 1. The van der Waals surface area contributed by atoms with Crippen LogP contribution in [0.1, 0.15) is 24.8 Å². The van der Waals surface area contributed by atoms with Crippen molar-refractivity contribution in [2.75, 3.05) is 11.9 Å². The summed E-state index contributed by atoms with van der Waals surface area (Å²) >= 11 is 3.43. The van der Waals surface area contributed by atoms with Gasteiger partial charge in [-0.15, -0.1) is 0 Å². The third-order valence-electron chi connectivity index (χ3n) is 2.94. The summed E-state index contributed by atoms with van der Waals surface area (Å²) in [5.41, 5.74) is 1.99. The molecule has 1 heterocycles. The van der Waals surface area contributed by atoms with Crippen LogP contribution in [0, 0.1) is 6.92 Å². The quantitative estimate of drug-likeness (QED) is 0.881. The van der Waals surface area contributed by atoms with Gasteiger partial charge in [-0.2, -0.15) is 0 Å². The van der Waals surface area contributed by atoms with Crippen molar-refractivity contribution in [1.29, 1.82) is 0 Å². The van der Waals surface area contributed by atoms with E-state index in [1.54, 1.807) is 0 Å². The van der Waals surface area contributed by atoms with Crippen molar-refractivity contribution in [2.45, 2.75) is 32.2 Å². The van der Waals surface area contributed by atoms with Crippen LogP contribution >= 0.6 is 15.9 Å². The Labute approximate surface area is 110 Å². The lowest BCUT2D eigenvalue weighted by atomic mass is 10.0. The lowest BCUT2D eigenvalue weighted by molar-refractivity contribution is -0.118. The zero-order valence-corrected chi connectivity index (χ0v) is 11.5. The van der Waals surface area contributed by atoms with Crippen molar-refractivity contribution in [1.82, 2.24) is 5.32 Å². The predicted molar refractivity (Wildman–Crippen MR) is 73.2 cm³/mol. The molecular weight excluding hydrogens is 280 g/mol. The number of carbonyl (C=O) groups excluding carboxylic acids is 1. The topological polar surface area (TPSA) is 41.1 Å². The Balaban J connectivity index is 2.01. The first-order valence-electron chi connectivity index (χ1n) is 5.96. The summed E-state index contributed by atoms with van der Waals surface area (Å²) in [7, 11) is 0. The van der Waals surface area contributed by atoms with Gasteiger partial charge in [0.15, 0.2) is 0 Å². The van der Waals surface area contributed by atoms with Gasteiger partial charge in [-0.05, 0) is 50.1 Å². The highest BCUT2D eigenvalue weighted by Crippen LogP contribution is 2.19. The number of nitrogens with one attached hydrogen (secondary N) is 2. The lowest BCUT2D eigenvalue weighted by Crippen LogP contribution is -2.43. The zero-order chi connectivity index (χ0) is 12.3. The summed E-state index contributed by atoms with van der Waals surface area (Å²) in [6, 6.07) is 5.89. The van der Waals surface area contributed by atoms with Crippen LogP contribution in [0.2, 0.25) is 0 Å². The van der Waals surface area contributed by atoms with Crippen LogP contribution in [0.25, 0.3) is 0 Å². The molecule has 1 aliphatic rings. The molecule has 0 bridgehead atoms. The van der Waals surface area contributed by atoms with Crippen LogP contribution in [0.5, 0.6) is 0 Å².